The highest BCUT2D eigenvalue weighted by atomic mass is 32.2. The SMILES string of the molecule is COC(=O)C1CCN(S(=O)(=O)N2CCC(C(=O)Nc3nccs3)CC2)CC1. The van der Waals surface area contributed by atoms with Gasteiger partial charge in [-0.3, -0.25) is 9.59 Å². The maximum absolute atomic E-state index is 12.8. The minimum absolute atomic E-state index is 0.110. The van der Waals surface area contributed by atoms with E-state index in [0.717, 1.165) is 0 Å². The van der Waals surface area contributed by atoms with Crippen molar-refractivity contribution < 1.29 is 22.7 Å². The molecule has 3 rings (SSSR count). The third kappa shape index (κ3) is 4.65. The van der Waals surface area contributed by atoms with Gasteiger partial charge in [-0.05, 0) is 25.7 Å². The molecule has 150 valence electrons. The molecule has 11 heteroatoms. The Bertz CT molecular complexity index is 752. The van der Waals surface area contributed by atoms with Crippen molar-refractivity contribution in [2.24, 2.45) is 11.8 Å². The molecular formula is C16H24N4O5S2. The fourth-order valence-corrected chi connectivity index (χ4v) is 5.70. The smallest absolute Gasteiger partial charge is 0.308 e. The molecule has 2 aliphatic heterocycles. The van der Waals surface area contributed by atoms with Crippen LogP contribution < -0.4 is 5.32 Å². The maximum Gasteiger partial charge on any atom is 0.308 e. The van der Waals surface area contributed by atoms with Gasteiger partial charge in [-0.25, -0.2) is 4.98 Å². The summed E-state index contributed by atoms with van der Waals surface area (Å²) in [5.74, 6) is -0.841. The number of hydrogen-bond donors (Lipinski definition) is 1. The quantitative estimate of drug-likeness (QED) is 0.715. The van der Waals surface area contributed by atoms with E-state index in [-0.39, 0.29) is 23.7 Å². The second-order valence-corrected chi connectivity index (χ2v) is 9.53. The molecule has 0 bridgehead atoms. The molecule has 0 saturated carbocycles. The fraction of sp³-hybridized carbons (Fsp3) is 0.688. The molecule has 0 radical (unpaired) electrons. The number of hydrogen-bond acceptors (Lipinski definition) is 7. The first-order valence-electron chi connectivity index (χ1n) is 8.95. The molecule has 2 fully saturated rings. The highest BCUT2D eigenvalue weighted by Crippen LogP contribution is 2.26. The number of piperidine rings is 2. The number of carbonyl (C=O) groups is 2. The van der Waals surface area contributed by atoms with Crippen molar-refractivity contribution >= 4 is 38.6 Å². The van der Waals surface area contributed by atoms with Gasteiger partial charge in [0.25, 0.3) is 10.2 Å². The fourth-order valence-electron chi connectivity index (χ4n) is 3.49. The van der Waals surface area contributed by atoms with Crippen LogP contribution in [-0.2, 0) is 24.5 Å². The number of nitrogens with one attached hydrogen (secondary N) is 1. The molecule has 1 aromatic rings. The Morgan fingerprint density at radius 1 is 1.11 bits per heavy atom. The molecule has 0 aromatic carbocycles. The zero-order valence-electron chi connectivity index (χ0n) is 15.2. The Hall–Kier alpha value is -1.56. The number of aromatic nitrogens is 1. The van der Waals surface area contributed by atoms with E-state index >= 15 is 0 Å². The van der Waals surface area contributed by atoms with Gasteiger partial charge < -0.3 is 10.1 Å². The van der Waals surface area contributed by atoms with Gasteiger partial charge in [-0.15, -0.1) is 11.3 Å². The molecule has 0 unspecified atom stereocenters. The number of methoxy groups -OCH3 is 1. The molecular weight excluding hydrogens is 392 g/mol. The summed E-state index contributed by atoms with van der Waals surface area (Å²) in [4.78, 5) is 27.9. The van der Waals surface area contributed by atoms with E-state index in [1.807, 2.05) is 0 Å². The Kier molecular flexibility index (Phi) is 6.45. The molecule has 1 aromatic heterocycles. The van der Waals surface area contributed by atoms with Gasteiger partial charge in [0.05, 0.1) is 13.0 Å². The van der Waals surface area contributed by atoms with Crippen molar-refractivity contribution in [3.8, 4) is 0 Å². The summed E-state index contributed by atoms with van der Waals surface area (Å²) >= 11 is 1.35. The standard InChI is InChI=1S/C16H24N4O5S2/c1-25-15(22)13-4-9-20(10-5-13)27(23,24)19-7-2-12(3-8-19)14(21)18-16-17-6-11-26-16/h6,11-13H,2-5,7-10H2,1H3,(H,17,18,21). The summed E-state index contributed by atoms with van der Waals surface area (Å²) in [5.41, 5.74) is 0. The minimum atomic E-state index is -3.57. The van der Waals surface area contributed by atoms with E-state index < -0.39 is 10.2 Å². The molecule has 0 aliphatic carbocycles. The van der Waals surface area contributed by atoms with Crippen molar-refractivity contribution in [2.45, 2.75) is 25.7 Å². The number of carbonyl (C=O) groups excluding carboxylic acids is 2. The Labute approximate surface area is 162 Å². The van der Waals surface area contributed by atoms with E-state index in [0.29, 0.717) is 57.0 Å². The molecule has 1 N–H and O–H groups in total. The van der Waals surface area contributed by atoms with Gasteiger partial charge in [0.2, 0.25) is 5.91 Å². The van der Waals surface area contributed by atoms with Crippen LogP contribution in [0.15, 0.2) is 11.6 Å². The van der Waals surface area contributed by atoms with Crippen LogP contribution in [0.2, 0.25) is 0 Å². The van der Waals surface area contributed by atoms with Gasteiger partial charge in [0, 0.05) is 43.7 Å². The summed E-state index contributed by atoms with van der Waals surface area (Å²) in [6, 6.07) is 0. The Balaban J connectivity index is 1.51. The molecule has 0 atom stereocenters. The molecule has 2 aliphatic rings. The lowest BCUT2D eigenvalue weighted by Gasteiger charge is -2.36. The second-order valence-electron chi connectivity index (χ2n) is 6.70. The zero-order chi connectivity index (χ0) is 19.4. The zero-order valence-corrected chi connectivity index (χ0v) is 16.8. The molecule has 9 nitrogen and oxygen atoms in total. The van der Waals surface area contributed by atoms with Crippen molar-refractivity contribution in [3.63, 3.8) is 0 Å². The number of nitrogens with zero attached hydrogens (tertiary/aromatic N) is 3. The lowest BCUT2D eigenvalue weighted by molar-refractivity contribution is -0.146. The van der Waals surface area contributed by atoms with Crippen molar-refractivity contribution in [3.05, 3.63) is 11.6 Å². The van der Waals surface area contributed by atoms with E-state index in [9.17, 15) is 18.0 Å². The number of thiazole rings is 1. The van der Waals surface area contributed by atoms with Crippen LogP contribution in [0.4, 0.5) is 5.13 Å². The number of rotatable bonds is 5. The van der Waals surface area contributed by atoms with E-state index in [4.69, 9.17) is 4.74 Å². The first kappa shape index (κ1) is 20.2. The van der Waals surface area contributed by atoms with Crippen molar-refractivity contribution in [1.82, 2.24) is 13.6 Å². The maximum atomic E-state index is 12.8. The largest absolute Gasteiger partial charge is 0.469 e. The van der Waals surface area contributed by atoms with Crippen molar-refractivity contribution in [1.29, 1.82) is 0 Å². The second kappa shape index (κ2) is 8.63. The average Bonchev–Trinajstić information content (AvgIpc) is 3.20. The van der Waals surface area contributed by atoms with Crippen LogP contribution in [-0.4, -0.2) is 67.2 Å². The van der Waals surface area contributed by atoms with Gasteiger partial charge in [-0.2, -0.15) is 17.0 Å². The minimum Gasteiger partial charge on any atom is -0.469 e. The molecule has 3 heterocycles. The summed E-state index contributed by atoms with van der Waals surface area (Å²) < 4.78 is 33.3. The molecule has 1 amide bonds. The predicted molar refractivity (Wildman–Crippen MR) is 100 cm³/mol. The third-order valence-corrected chi connectivity index (χ3v) is 7.85. The first-order valence-corrected chi connectivity index (χ1v) is 11.2. The highest BCUT2D eigenvalue weighted by Gasteiger charge is 2.37. The average molecular weight is 417 g/mol. The lowest BCUT2D eigenvalue weighted by Crippen LogP contribution is -2.50. The number of ether oxygens (including phenoxy) is 1. The van der Waals surface area contributed by atoms with E-state index in [1.165, 1.54) is 27.1 Å². The number of amides is 1. The normalized spacial score (nSPS) is 21.1. The van der Waals surface area contributed by atoms with Crippen LogP contribution in [0.25, 0.3) is 0 Å². The van der Waals surface area contributed by atoms with Crippen LogP contribution in [0.5, 0.6) is 0 Å². The van der Waals surface area contributed by atoms with E-state index in [1.54, 1.807) is 11.6 Å². The Morgan fingerprint density at radius 3 is 2.15 bits per heavy atom. The highest BCUT2D eigenvalue weighted by molar-refractivity contribution is 7.86. The summed E-state index contributed by atoms with van der Waals surface area (Å²) in [6.45, 7) is 1.25. The van der Waals surface area contributed by atoms with Crippen LogP contribution in [0, 0.1) is 11.8 Å². The molecule has 2 saturated heterocycles. The molecule has 0 spiro atoms. The van der Waals surface area contributed by atoms with Gasteiger partial charge in [0.1, 0.15) is 0 Å². The predicted octanol–water partition coefficient (Wildman–Crippen LogP) is 0.923. The summed E-state index contributed by atoms with van der Waals surface area (Å²) in [6.07, 6.45) is 3.53. The first-order chi connectivity index (χ1) is 12.9. The summed E-state index contributed by atoms with van der Waals surface area (Å²) in [7, 11) is -2.22. The summed E-state index contributed by atoms with van der Waals surface area (Å²) in [5, 5.41) is 5.12. The van der Waals surface area contributed by atoms with Gasteiger partial charge >= 0.3 is 5.97 Å². The van der Waals surface area contributed by atoms with Crippen LogP contribution >= 0.6 is 11.3 Å². The van der Waals surface area contributed by atoms with Crippen molar-refractivity contribution in [2.75, 3.05) is 38.6 Å². The number of anilines is 1. The molecule has 27 heavy (non-hydrogen) atoms. The van der Waals surface area contributed by atoms with E-state index in [2.05, 4.69) is 10.3 Å². The van der Waals surface area contributed by atoms with Crippen LogP contribution in [0.1, 0.15) is 25.7 Å². The van der Waals surface area contributed by atoms with Gasteiger partial charge in [-0.1, -0.05) is 0 Å². The topological polar surface area (TPSA) is 109 Å². The third-order valence-electron chi connectivity index (χ3n) is 5.13. The Morgan fingerprint density at radius 2 is 1.67 bits per heavy atom. The monoisotopic (exact) mass is 416 g/mol. The van der Waals surface area contributed by atoms with Gasteiger partial charge in [0.15, 0.2) is 5.13 Å². The lowest BCUT2D eigenvalue weighted by atomic mass is 9.97. The number of esters is 1. The van der Waals surface area contributed by atoms with Crippen LogP contribution in [0.3, 0.4) is 0 Å².